The van der Waals surface area contributed by atoms with Crippen LogP contribution in [0.25, 0.3) is 0 Å². The molecule has 0 atom stereocenters. The van der Waals surface area contributed by atoms with Gasteiger partial charge in [0, 0.05) is 39.9 Å². The molecule has 136 valence electrons. The molecule has 1 aliphatic rings. The van der Waals surface area contributed by atoms with Crippen LogP contribution in [0.3, 0.4) is 0 Å². The molecule has 0 saturated heterocycles. The highest BCUT2D eigenvalue weighted by Gasteiger charge is 2.15. The number of carbonyl (C=O) groups is 1. The molecule has 0 aromatic heterocycles. The maximum absolute atomic E-state index is 11.7. The molecule has 0 spiro atoms. The molecule has 1 aliphatic carbocycles. The molecule has 0 radical (unpaired) electrons. The number of hydrogen-bond donors (Lipinski definition) is 2. The van der Waals surface area contributed by atoms with Crippen LogP contribution in [0.5, 0.6) is 0 Å². The van der Waals surface area contributed by atoms with E-state index >= 15 is 0 Å². The smallest absolute Gasteiger partial charge is 0.243 e. The molecule has 2 N–H and O–H groups in total. The number of halogens is 1. The van der Waals surface area contributed by atoms with E-state index in [0.717, 1.165) is 32.1 Å². The van der Waals surface area contributed by atoms with Crippen molar-refractivity contribution in [3.63, 3.8) is 0 Å². The summed E-state index contributed by atoms with van der Waals surface area (Å²) in [5, 5.41) is 6.78. The van der Waals surface area contributed by atoms with Gasteiger partial charge in [0.15, 0.2) is 5.96 Å². The van der Waals surface area contributed by atoms with Gasteiger partial charge in [-0.1, -0.05) is 19.3 Å². The first kappa shape index (κ1) is 22.4. The highest BCUT2D eigenvalue weighted by molar-refractivity contribution is 14.0. The van der Waals surface area contributed by atoms with E-state index in [2.05, 4.69) is 15.6 Å². The van der Waals surface area contributed by atoms with Crippen LogP contribution in [0.4, 0.5) is 0 Å². The van der Waals surface area contributed by atoms with Crippen LogP contribution in [0.15, 0.2) is 4.99 Å². The largest absolute Gasteiger partial charge is 0.382 e. The number of carbonyl (C=O) groups excluding carboxylic acids is 1. The quantitative estimate of drug-likeness (QED) is 0.262. The maximum Gasteiger partial charge on any atom is 0.243 e. The van der Waals surface area contributed by atoms with Crippen molar-refractivity contribution in [3.05, 3.63) is 0 Å². The number of nitrogens with zero attached hydrogens (tertiary/aromatic N) is 2. The van der Waals surface area contributed by atoms with Gasteiger partial charge in [-0.15, -0.1) is 24.0 Å². The summed E-state index contributed by atoms with van der Waals surface area (Å²) in [5.41, 5.74) is 0. The second-order valence-corrected chi connectivity index (χ2v) is 5.91. The average molecular weight is 440 g/mol. The Balaban J connectivity index is 0.00000484. The molecule has 6 nitrogen and oxygen atoms in total. The summed E-state index contributed by atoms with van der Waals surface area (Å²) in [6.45, 7) is 4.47. The number of rotatable bonds is 8. The van der Waals surface area contributed by atoms with Gasteiger partial charge in [-0.3, -0.25) is 4.79 Å². The summed E-state index contributed by atoms with van der Waals surface area (Å²) >= 11 is 0. The van der Waals surface area contributed by atoms with Crippen LogP contribution in [0.2, 0.25) is 0 Å². The summed E-state index contributed by atoms with van der Waals surface area (Å²) in [6, 6.07) is 0.473. The van der Waals surface area contributed by atoms with Crippen molar-refractivity contribution in [2.45, 2.75) is 51.5 Å². The van der Waals surface area contributed by atoms with Crippen molar-refractivity contribution >= 4 is 35.8 Å². The van der Waals surface area contributed by atoms with Crippen LogP contribution in [0.1, 0.15) is 45.4 Å². The lowest BCUT2D eigenvalue weighted by Crippen LogP contribution is -2.45. The SMILES string of the molecule is CCOCCCNC(=NCC(=O)N(C)C)NC1CCCCC1.I. The zero-order chi connectivity index (χ0) is 16.2. The Morgan fingerprint density at radius 2 is 1.96 bits per heavy atom. The third-order valence-corrected chi connectivity index (χ3v) is 3.78. The van der Waals surface area contributed by atoms with E-state index in [1.165, 1.54) is 32.1 Å². The first-order chi connectivity index (χ1) is 10.6. The van der Waals surface area contributed by atoms with Crippen molar-refractivity contribution in [2.75, 3.05) is 40.4 Å². The number of hydrogen-bond acceptors (Lipinski definition) is 3. The maximum atomic E-state index is 11.7. The van der Waals surface area contributed by atoms with Crippen molar-refractivity contribution < 1.29 is 9.53 Å². The molecule has 0 aromatic rings. The zero-order valence-electron chi connectivity index (χ0n) is 14.8. The Morgan fingerprint density at radius 1 is 1.26 bits per heavy atom. The summed E-state index contributed by atoms with van der Waals surface area (Å²) in [6.07, 6.45) is 7.16. The molecule has 1 saturated carbocycles. The van der Waals surface area contributed by atoms with Gasteiger partial charge in [0.1, 0.15) is 6.54 Å². The van der Waals surface area contributed by atoms with E-state index in [9.17, 15) is 4.79 Å². The fourth-order valence-corrected chi connectivity index (χ4v) is 2.41. The number of guanidine groups is 1. The second kappa shape index (κ2) is 13.8. The summed E-state index contributed by atoms with van der Waals surface area (Å²) in [4.78, 5) is 17.7. The molecule has 0 unspecified atom stereocenters. The minimum absolute atomic E-state index is 0. The normalized spacial score (nSPS) is 15.7. The minimum Gasteiger partial charge on any atom is -0.382 e. The van der Waals surface area contributed by atoms with Gasteiger partial charge in [0.05, 0.1) is 0 Å². The molecule has 0 aromatic carbocycles. The molecule has 1 amide bonds. The first-order valence-corrected chi connectivity index (χ1v) is 8.46. The second-order valence-electron chi connectivity index (χ2n) is 5.91. The van der Waals surface area contributed by atoms with E-state index in [4.69, 9.17) is 4.74 Å². The average Bonchev–Trinajstić information content (AvgIpc) is 2.52. The minimum atomic E-state index is 0. The van der Waals surface area contributed by atoms with E-state index in [1.54, 1.807) is 19.0 Å². The highest BCUT2D eigenvalue weighted by Crippen LogP contribution is 2.17. The zero-order valence-corrected chi connectivity index (χ0v) is 17.1. The van der Waals surface area contributed by atoms with Crippen molar-refractivity contribution in [3.8, 4) is 0 Å². The predicted octanol–water partition coefficient (Wildman–Crippen LogP) is 1.99. The molecule has 1 rings (SSSR count). The Morgan fingerprint density at radius 3 is 2.57 bits per heavy atom. The van der Waals surface area contributed by atoms with E-state index in [1.807, 2.05) is 6.92 Å². The van der Waals surface area contributed by atoms with Crippen LogP contribution in [-0.2, 0) is 9.53 Å². The molecular weight excluding hydrogens is 407 g/mol. The van der Waals surface area contributed by atoms with E-state index < -0.39 is 0 Å². The Bertz CT molecular complexity index is 345. The molecule has 1 fully saturated rings. The van der Waals surface area contributed by atoms with E-state index in [-0.39, 0.29) is 36.4 Å². The summed E-state index contributed by atoms with van der Waals surface area (Å²) < 4.78 is 5.33. The van der Waals surface area contributed by atoms with Gasteiger partial charge < -0.3 is 20.3 Å². The number of nitrogens with one attached hydrogen (secondary N) is 2. The number of amides is 1. The number of aliphatic imine (C=N–C) groups is 1. The number of ether oxygens (including phenoxy) is 1. The topological polar surface area (TPSA) is 66.0 Å². The van der Waals surface area contributed by atoms with Crippen molar-refractivity contribution in [1.29, 1.82) is 0 Å². The van der Waals surface area contributed by atoms with Crippen LogP contribution in [-0.4, -0.2) is 63.2 Å². The summed E-state index contributed by atoms with van der Waals surface area (Å²) in [7, 11) is 3.50. The number of likely N-dealkylation sites (N-methyl/N-ethyl adjacent to an activating group) is 1. The summed E-state index contributed by atoms with van der Waals surface area (Å²) in [5.74, 6) is 0.762. The van der Waals surface area contributed by atoms with Gasteiger partial charge in [0.2, 0.25) is 5.91 Å². The molecule has 7 heteroatoms. The molecule has 0 heterocycles. The van der Waals surface area contributed by atoms with Gasteiger partial charge in [-0.25, -0.2) is 4.99 Å². The van der Waals surface area contributed by atoms with Crippen LogP contribution < -0.4 is 10.6 Å². The van der Waals surface area contributed by atoms with Crippen molar-refractivity contribution in [2.24, 2.45) is 4.99 Å². The van der Waals surface area contributed by atoms with Gasteiger partial charge in [-0.2, -0.15) is 0 Å². The first-order valence-electron chi connectivity index (χ1n) is 8.46. The third-order valence-electron chi connectivity index (χ3n) is 3.78. The fraction of sp³-hybridized carbons (Fsp3) is 0.875. The van der Waals surface area contributed by atoms with Crippen molar-refractivity contribution in [1.82, 2.24) is 15.5 Å². The lowest BCUT2D eigenvalue weighted by Gasteiger charge is -2.25. The van der Waals surface area contributed by atoms with Gasteiger partial charge in [0.25, 0.3) is 0 Å². The van der Waals surface area contributed by atoms with E-state index in [0.29, 0.717) is 6.04 Å². The Kier molecular flexibility index (Phi) is 13.5. The lowest BCUT2D eigenvalue weighted by atomic mass is 9.96. The lowest BCUT2D eigenvalue weighted by molar-refractivity contribution is -0.127. The highest BCUT2D eigenvalue weighted by atomic mass is 127. The molecular formula is C16H33IN4O2. The molecule has 23 heavy (non-hydrogen) atoms. The standard InChI is InChI=1S/C16H32N4O2.HI/c1-4-22-12-8-11-17-16(18-13-15(21)20(2)3)19-14-9-6-5-7-10-14;/h14H,4-13H2,1-3H3,(H2,17,18,19);1H. The third kappa shape index (κ3) is 10.8. The Labute approximate surface area is 157 Å². The monoisotopic (exact) mass is 440 g/mol. The molecule has 0 aliphatic heterocycles. The van der Waals surface area contributed by atoms with Crippen LogP contribution in [0, 0.1) is 0 Å². The predicted molar refractivity (Wildman–Crippen MR) is 106 cm³/mol. The molecule has 0 bridgehead atoms. The van der Waals surface area contributed by atoms with Gasteiger partial charge in [-0.05, 0) is 26.2 Å². The van der Waals surface area contributed by atoms with Crippen LogP contribution >= 0.6 is 24.0 Å². The fourth-order valence-electron chi connectivity index (χ4n) is 2.41. The Hall–Kier alpha value is -0.570. The van der Waals surface area contributed by atoms with Gasteiger partial charge >= 0.3 is 0 Å².